The molecule has 132 valence electrons. The van der Waals surface area contributed by atoms with Crippen molar-refractivity contribution in [1.82, 2.24) is 4.90 Å². The molecular formula is C20H24N2O3. The van der Waals surface area contributed by atoms with Gasteiger partial charge in [-0.3, -0.25) is 14.9 Å². The molecule has 0 aromatic heterocycles. The lowest BCUT2D eigenvalue weighted by Gasteiger charge is -2.21. The molecule has 0 unspecified atom stereocenters. The second kappa shape index (κ2) is 7.05. The number of aryl methyl sites for hydroxylation is 1. The Labute approximate surface area is 148 Å². The lowest BCUT2D eigenvalue weighted by Crippen LogP contribution is -2.26. The maximum atomic E-state index is 12.6. The van der Waals surface area contributed by atoms with Crippen molar-refractivity contribution >= 4 is 11.6 Å². The third-order valence-corrected chi connectivity index (χ3v) is 4.24. The number of carbonyl (C=O) groups is 1. The Kier molecular flexibility index (Phi) is 5.26. The van der Waals surface area contributed by atoms with Gasteiger partial charge in [0.05, 0.1) is 4.92 Å². The molecule has 5 nitrogen and oxygen atoms in total. The summed E-state index contributed by atoms with van der Waals surface area (Å²) in [5.41, 5.74) is 3.17. The van der Waals surface area contributed by atoms with Crippen LogP contribution in [0.15, 0.2) is 42.5 Å². The van der Waals surface area contributed by atoms with Crippen molar-refractivity contribution in [2.75, 3.05) is 7.05 Å². The normalized spacial score (nSPS) is 11.2. The zero-order chi connectivity index (χ0) is 18.8. The molecule has 0 atom stereocenters. The van der Waals surface area contributed by atoms with E-state index in [0.29, 0.717) is 17.7 Å². The van der Waals surface area contributed by atoms with E-state index in [1.165, 1.54) is 11.6 Å². The monoisotopic (exact) mass is 340 g/mol. The van der Waals surface area contributed by atoms with Gasteiger partial charge in [0, 0.05) is 30.8 Å². The molecule has 0 aliphatic rings. The molecular weight excluding hydrogens is 316 g/mol. The van der Waals surface area contributed by atoms with E-state index in [1.54, 1.807) is 31.0 Å². The maximum Gasteiger partial charge on any atom is 0.273 e. The summed E-state index contributed by atoms with van der Waals surface area (Å²) in [6.07, 6.45) is 0. The molecule has 0 aliphatic heterocycles. The van der Waals surface area contributed by atoms with Crippen LogP contribution in [-0.4, -0.2) is 22.8 Å². The van der Waals surface area contributed by atoms with Crippen LogP contribution >= 0.6 is 0 Å². The Morgan fingerprint density at radius 1 is 1.12 bits per heavy atom. The predicted octanol–water partition coefficient (Wildman–Crippen LogP) is 4.47. The van der Waals surface area contributed by atoms with Crippen LogP contribution in [0.25, 0.3) is 0 Å². The molecule has 2 rings (SSSR count). The Bertz CT molecular complexity index is 790. The third-order valence-electron chi connectivity index (χ3n) is 4.24. The van der Waals surface area contributed by atoms with Gasteiger partial charge in [0.1, 0.15) is 0 Å². The second-order valence-corrected chi connectivity index (χ2v) is 7.37. The Balaban J connectivity index is 2.15. The fourth-order valence-electron chi connectivity index (χ4n) is 2.62. The summed E-state index contributed by atoms with van der Waals surface area (Å²) in [7, 11) is 1.70. The number of nitrogens with zero attached hydrogens (tertiary/aromatic N) is 2. The van der Waals surface area contributed by atoms with Crippen molar-refractivity contribution in [3.8, 4) is 0 Å². The van der Waals surface area contributed by atoms with E-state index in [-0.39, 0.29) is 17.0 Å². The van der Waals surface area contributed by atoms with Gasteiger partial charge < -0.3 is 4.90 Å². The van der Waals surface area contributed by atoms with E-state index in [0.717, 1.165) is 5.56 Å². The quantitative estimate of drug-likeness (QED) is 0.609. The molecule has 0 radical (unpaired) electrons. The Hall–Kier alpha value is -2.69. The molecule has 0 spiro atoms. The number of rotatable bonds is 4. The van der Waals surface area contributed by atoms with Crippen LogP contribution in [0.4, 0.5) is 5.69 Å². The van der Waals surface area contributed by atoms with Crippen LogP contribution in [0, 0.1) is 17.0 Å². The molecule has 2 aromatic carbocycles. The largest absolute Gasteiger partial charge is 0.337 e. The number of carbonyl (C=O) groups excluding carboxylic acids is 1. The highest BCUT2D eigenvalue weighted by Crippen LogP contribution is 2.23. The minimum absolute atomic E-state index is 0.0335. The van der Waals surface area contributed by atoms with Crippen molar-refractivity contribution in [1.29, 1.82) is 0 Å². The van der Waals surface area contributed by atoms with Crippen molar-refractivity contribution in [3.05, 3.63) is 74.8 Å². The van der Waals surface area contributed by atoms with Crippen molar-refractivity contribution in [2.45, 2.75) is 39.7 Å². The highest BCUT2D eigenvalue weighted by Gasteiger charge is 2.18. The summed E-state index contributed by atoms with van der Waals surface area (Å²) in [4.78, 5) is 24.7. The number of benzene rings is 2. The number of hydrogen-bond donors (Lipinski definition) is 0. The van der Waals surface area contributed by atoms with Crippen LogP contribution in [0.2, 0.25) is 0 Å². The minimum Gasteiger partial charge on any atom is -0.337 e. The summed E-state index contributed by atoms with van der Waals surface area (Å²) in [6.45, 7) is 8.57. The summed E-state index contributed by atoms with van der Waals surface area (Å²) in [6, 6.07) is 12.8. The molecule has 0 aliphatic carbocycles. The lowest BCUT2D eigenvalue weighted by atomic mass is 9.87. The fraction of sp³-hybridized carbons (Fsp3) is 0.350. The summed E-state index contributed by atoms with van der Waals surface area (Å²) in [5.74, 6) is -0.233. The van der Waals surface area contributed by atoms with Crippen LogP contribution in [0.1, 0.15) is 47.8 Å². The number of nitro benzene ring substituents is 1. The molecule has 0 N–H and O–H groups in total. The van der Waals surface area contributed by atoms with Gasteiger partial charge in [0.15, 0.2) is 0 Å². The third kappa shape index (κ3) is 4.44. The zero-order valence-corrected chi connectivity index (χ0v) is 15.4. The molecule has 0 heterocycles. The van der Waals surface area contributed by atoms with Gasteiger partial charge in [0.25, 0.3) is 11.6 Å². The number of hydrogen-bond acceptors (Lipinski definition) is 3. The van der Waals surface area contributed by atoms with Gasteiger partial charge in [-0.25, -0.2) is 0 Å². The van der Waals surface area contributed by atoms with Crippen LogP contribution < -0.4 is 0 Å². The van der Waals surface area contributed by atoms with Gasteiger partial charge >= 0.3 is 0 Å². The second-order valence-electron chi connectivity index (χ2n) is 7.37. The van der Waals surface area contributed by atoms with Crippen molar-refractivity contribution in [2.24, 2.45) is 0 Å². The van der Waals surface area contributed by atoms with Gasteiger partial charge in [-0.1, -0.05) is 51.1 Å². The smallest absolute Gasteiger partial charge is 0.273 e. The van der Waals surface area contributed by atoms with Crippen LogP contribution in [0.5, 0.6) is 0 Å². The Morgan fingerprint density at radius 3 is 2.24 bits per heavy atom. The molecule has 0 fully saturated rings. The molecule has 5 heteroatoms. The molecule has 1 amide bonds. The lowest BCUT2D eigenvalue weighted by molar-refractivity contribution is -0.385. The number of amides is 1. The van der Waals surface area contributed by atoms with Gasteiger partial charge in [-0.2, -0.15) is 0 Å². The van der Waals surface area contributed by atoms with E-state index in [4.69, 9.17) is 0 Å². The molecule has 0 saturated heterocycles. The zero-order valence-electron chi connectivity index (χ0n) is 15.4. The van der Waals surface area contributed by atoms with Gasteiger partial charge in [-0.05, 0) is 29.5 Å². The topological polar surface area (TPSA) is 63.5 Å². The van der Waals surface area contributed by atoms with E-state index >= 15 is 0 Å². The average molecular weight is 340 g/mol. The van der Waals surface area contributed by atoms with E-state index in [1.807, 2.05) is 12.1 Å². The van der Waals surface area contributed by atoms with E-state index in [9.17, 15) is 14.9 Å². The first-order valence-electron chi connectivity index (χ1n) is 8.19. The highest BCUT2D eigenvalue weighted by atomic mass is 16.6. The fourth-order valence-corrected chi connectivity index (χ4v) is 2.62. The first-order chi connectivity index (χ1) is 11.6. The van der Waals surface area contributed by atoms with Gasteiger partial charge in [0.2, 0.25) is 0 Å². The first-order valence-corrected chi connectivity index (χ1v) is 8.19. The number of nitro groups is 1. The summed E-state index contributed by atoms with van der Waals surface area (Å²) < 4.78 is 0. The summed E-state index contributed by atoms with van der Waals surface area (Å²) >= 11 is 0. The molecule has 25 heavy (non-hydrogen) atoms. The molecule has 0 bridgehead atoms. The minimum atomic E-state index is -0.461. The SMILES string of the molecule is Cc1ccc(C(=O)N(C)Cc2ccc(C(C)(C)C)cc2)cc1[N+](=O)[O-]. The molecule has 0 saturated carbocycles. The Morgan fingerprint density at radius 2 is 1.72 bits per heavy atom. The molecule has 2 aromatic rings. The van der Waals surface area contributed by atoms with Gasteiger partial charge in [-0.15, -0.1) is 0 Å². The average Bonchev–Trinajstić information content (AvgIpc) is 2.54. The van der Waals surface area contributed by atoms with Crippen molar-refractivity contribution in [3.63, 3.8) is 0 Å². The standard InChI is InChI=1S/C20H24N2O3/c1-14-6-9-16(12-18(14)22(24)25)19(23)21(5)13-15-7-10-17(11-8-15)20(2,3)4/h6-12H,13H2,1-5H3. The summed E-state index contributed by atoms with van der Waals surface area (Å²) in [5, 5.41) is 11.1. The van der Waals surface area contributed by atoms with Crippen molar-refractivity contribution < 1.29 is 9.72 Å². The van der Waals surface area contributed by atoms with Crippen LogP contribution in [-0.2, 0) is 12.0 Å². The van der Waals surface area contributed by atoms with Crippen LogP contribution in [0.3, 0.4) is 0 Å². The van der Waals surface area contributed by atoms with E-state index in [2.05, 4.69) is 32.9 Å². The maximum absolute atomic E-state index is 12.6. The van der Waals surface area contributed by atoms with E-state index < -0.39 is 4.92 Å². The first kappa shape index (κ1) is 18.6. The highest BCUT2D eigenvalue weighted by molar-refractivity contribution is 5.94. The predicted molar refractivity (Wildman–Crippen MR) is 98.8 cm³/mol.